The summed E-state index contributed by atoms with van der Waals surface area (Å²) in [5, 5.41) is 2.97. The Labute approximate surface area is 125 Å². The maximum atomic E-state index is 11.5. The number of nitrogens with zero attached hydrogens (tertiary/aromatic N) is 2. The Morgan fingerprint density at radius 3 is 2.43 bits per heavy atom. The van der Waals surface area contributed by atoms with Crippen LogP contribution in [0.15, 0.2) is 6.07 Å². The number of methoxy groups -OCH3 is 1. The van der Waals surface area contributed by atoms with Crippen molar-refractivity contribution in [3.05, 3.63) is 17.5 Å². The van der Waals surface area contributed by atoms with Crippen LogP contribution in [0.3, 0.4) is 0 Å². The van der Waals surface area contributed by atoms with E-state index in [0.717, 1.165) is 37.1 Å². The van der Waals surface area contributed by atoms with Crippen LogP contribution in [0.5, 0.6) is 6.01 Å². The lowest BCUT2D eigenvalue weighted by molar-refractivity contribution is -0.125. The maximum Gasteiger partial charge on any atom is 0.317 e. The first kappa shape index (κ1) is 15.7. The van der Waals surface area contributed by atoms with Crippen LogP contribution < -0.4 is 10.1 Å². The van der Waals surface area contributed by atoms with Crippen LogP contribution in [0.25, 0.3) is 0 Å². The van der Waals surface area contributed by atoms with Crippen LogP contribution in [0.1, 0.15) is 37.1 Å². The van der Waals surface area contributed by atoms with E-state index in [-0.39, 0.29) is 24.7 Å². The van der Waals surface area contributed by atoms with Gasteiger partial charge in [0.1, 0.15) is 12.7 Å². The third-order valence-corrected chi connectivity index (χ3v) is 3.55. The molecule has 21 heavy (non-hydrogen) atoms. The fourth-order valence-electron chi connectivity index (χ4n) is 2.62. The summed E-state index contributed by atoms with van der Waals surface area (Å²) in [5.74, 6) is -0.0560. The average molecular weight is 293 g/mol. The number of nitrogens with one attached hydrogen (secondary N) is 1. The second-order valence-corrected chi connectivity index (χ2v) is 5.53. The van der Waals surface area contributed by atoms with Crippen LogP contribution in [0.4, 0.5) is 0 Å². The Morgan fingerprint density at radius 2 is 1.86 bits per heavy atom. The second-order valence-electron chi connectivity index (χ2n) is 5.53. The molecule has 0 bridgehead atoms. The molecule has 1 amide bonds. The van der Waals surface area contributed by atoms with Crippen molar-refractivity contribution >= 4 is 5.91 Å². The van der Waals surface area contributed by atoms with Crippen LogP contribution in [-0.2, 0) is 9.53 Å². The number of aromatic nitrogens is 2. The molecule has 0 aromatic carbocycles. The van der Waals surface area contributed by atoms with E-state index < -0.39 is 0 Å². The van der Waals surface area contributed by atoms with Crippen molar-refractivity contribution < 1.29 is 14.3 Å². The van der Waals surface area contributed by atoms with Crippen molar-refractivity contribution in [2.24, 2.45) is 0 Å². The highest BCUT2D eigenvalue weighted by atomic mass is 16.5. The Morgan fingerprint density at radius 1 is 1.24 bits per heavy atom. The summed E-state index contributed by atoms with van der Waals surface area (Å²) in [4.78, 5) is 20.1. The van der Waals surface area contributed by atoms with Crippen LogP contribution >= 0.6 is 0 Å². The van der Waals surface area contributed by atoms with Crippen molar-refractivity contribution in [1.82, 2.24) is 15.3 Å². The summed E-state index contributed by atoms with van der Waals surface area (Å²) in [6.07, 6.45) is 3.74. The number of carbonyl (C=O) groups is 1. The number of rotatable bonds is 5. The van der Waals surface area contributed by atoms with E-state index in [4.69, 9.17) is 9.47 Å². The van der Waals surface area contributed by atoms with Crippen LogP contribution in [-0.4, -0.2) is 41.7 Å². The van der Waals surface area contributed by atoms with Gasteiger partial charge in [-0.2, -0.15) is 0 Å². The van der Waals surface area contributed by atoms with Gasteiger partial charge < -0.3 is 14.8 Å². The molecule has 0 saturated heterocycles. The smallest absolute Gasteiger partial charge is 0.317 e. The average Bonchev–Trinajstić information content (AvgIpc) is 2.40. The predicted molar refractivity (Wildman–Crippen MR) is 78.2 cm³/mol. The summed E-state index contributed by atoms with van der Waals surface area (Å²) >= 11 is 0. The third kappa shape index (κ3) is 4.97. The van der Waals surface area contributed by atoms with Crippen molar-refractivity contribution in [3.63, 3.8) is 0 Å². The largest absolute Gasteiger partial charge is 0.460 e. The summed E-state index contributed by atoms with van der Waals surface area (Å²) in [5.41, 5.74) is 1.83. The number of hydrogen-bond donors (Lipinski definition) is 1. The molecule has 0 unspecified atom stereocenters. The van der Waals surface area contributed by atoms with E-state index in [1.165, 1.54) is 7.11 Å². The lowest BCUT2D eigenvalue weighted by Crippen LogP contribution is -2.41. The second kappa shape index (κ2) is 7.36. The van der Waals surface area contributed by atoms with Crippen LogP contribution in [0.2, 0.25) is 0 Å². The first-order chi connectivity index (χ1) is 10.1. The topological polar surface area (TPSA) is 73.3 Å². The van der Waals surface area contributed by atoms with Crippen molar-refractivity contribution in [2.75, 3.05) is 13.7 Å². The molecule has 1 saturated carbocycles. The monoisotopic (exact) mass is 293 g/mol. The van der Waals surface area contributed by atoms with Gasteiger partial charge in [-0.15, -0.1) is 0 Å². The van der Waals surface area contributed by atoms with Gasteiger partial charge >= 0.3 is 6.01 Å². The van der Waals surface area contributed by atoms with E-state index in [9.17, 15) is 4.79 Å². The molecular weight excluding hydrogens is 270 g/mol. The highest BCUT2D eigenvalue weighted by molar-refractivity contribution is 5.77. The zero-order valence-electron chi connectivity index (χ0n) is 12.9. The normalized spacial score (nSPS) is 21.9. The molecule has 0 spiro atoms. The summed E-state index contributed by atoms with van der Waals surface area (Å²) < 4.78 is 10.7. The standard InChI is InChI=1S/C15H23N3O3/c1-10-8-11(2)17-15(16-10)21-13-6-4-12(5-7-13)18-14(19)9-20-3/h8,12-13H,4-7,9H2,1-3H3,(H,18,19). The third-order valence-electron chi connectivity index (χ3n) is 3.55. The van der Waals surface area contributed by atoms with Gasteiger partial charge in [0.25, 0.3) is 0 Å². The van der Waals surface area contributed by atoms with Gasteiger partial charge in [-0.1, -0.05) is 0 Å². The molecule has 6 nitrogen and oxygen atoms in total. The van der Waals surface area contributed by atoms with Gasteiger partial charge in [0, 0.05) is 24.5 Å². The Balaban J connectivity index is 1.80. The first-order valence-electron chi connectivity index (χ1n) is 7.34. The maximum absolute atomic E-state index is 11.5. The molecule has 0 atom stereocenters. The highest BCUT2D eigenvalue weighted by Gasteiger charge is 2.24. The van der Waals surface area contributed by atoms with E-state index in [0.29, 0.717) is 6.01 Å². The minimum Gasteiger partial charge on any atom is -0.460 e. The SMILES string of the molecule is COCC(=O)NC1CCC(Oc2nc(C)cc(C)n2)CC1. The fraction of sp³-hybridized carbons (Fsp3) is 0.667. The zero-order valence-corrected chi connectivity index (χ0v) is 12.9. The quantitative estimate of drug-likeness (QED) is 0.891. The van der Waals surface area contributed by atoms with Gasteiger partial charge in [0.05, 0.1) is 0 Å². The van der Waals surface area contributed by atoms with Gasteiger partial charge in [0.15, 0.2) is 0 Å². The molecule has 2 rings (SSSR count). The first-order valence-corrected chi connectivity index (χ1v) is 7.34. The molecule has 0 aliphatic heterocycles. The molecule has 1 N–H and O–H groups in total. The number of hydrogen-bond acceptors (Lipinski definition) is 5. The van der Waals surface area contributed by atoms with Crippen molar-refractivity contribution in [3.8, 4) is 6.01 Å². The van der Waals surface area contributed by atoms with Gasteiger partial charge in [0.2, 0.25) is 5.91 Å². The number of carbonyl (C=O) groups excluding carboxylic acids is 1. The summed E-state index contributed by atoms with van der Waals surface area (Å²) in [6, 6.07) is 2.60. The Hall–Kier alpha value is -1.69. The fourth-order valence-corrected chi connectivity index (χ4v) is 2.62. The summed E-state index contributed by atoms with van der Waals surface area (Å²) in [7, 11) is 1.52. The van der Waals surface area contributed by atoms with E-state index in [2.05, 4.69) is 15.3 Å². The van der Waals surface area contributed by atoms with Gasteiger partial charge in [-0.05, 0) is 45.6 Å². The number of amides is 1. The molecule has 1 aromatic rings. The molecule has 1 heterocycles. The van der Waals surface area contributed by atoms with E-state index >= 15 is 0 Å². The molecule has 6 heteroatoms. The van der Waals surface area contributed by atoms with Crippen LogP contribution in [0, 0.1) is 13.8 Å². The molecule has 1 fully saturated rings. The minimum absolute atomic E-state index is 0.0560. The number of ether oxygens (including phenoxy) is 2. The molecule has 0 radical (unpaired) electrons. The molecular formula is C15H23N3O3. The van der Waals surface area contributed by atoms with Gasteiger partial charge in [-0.25, -0.2) is 9.97 Å². The Bertz CT molecular complexity index is 465. The van der Waals surface area contributed by atoms with E-state index in [1.807, 2.05) is 19.9 Å². The molecule has 1 aliphatic carbocycles. The number of aryl methyl sites for hydroxylation is 2. The lowest BCUT2D eigenvalue weighted by Gasteiger charge is -2.28. The molecule has 1 aliphatic rings. The minimum atomic E-state index is -0.0560. The Kier molecular flexibility index (Phi) is 5.50. The van der Waals surface area contributed by atoms with Gasteiger partial charge in [-0.3, -0.25) is 4.79 Å². The predicted octanol–water partition coefficient (Wildman–Crippen LogP) is 1.55. The molecule has 1 aromatic heterocycles. The van der Waals surface area contributed by atoms with E-state index in [1.54, 1.807) is 0 Å². The van der Waals surface area contributed by atoms with Crippen molar-refractivity contribution in [1.29, 1.82) is 0 Å². The molecule has 116 valence electrons. The lowest BCUT2D eigenvalue weighted by atomic mass is 9.93. The highest BCUT2D eigenvalue weighted by Crippen LogP contribution is 2.22. The van der Waals surface area contributed by atoms with Crippen molar-refractivity contribution in [2.45, 2.75) is 51.7 Å². The summed E-state index contributed by atoms with van der Waals surface area (Å²) in [6.45, 7) is 3.99. The zero-order chi connectivity index (χ0) is 15.2.